The number of methoxy groups -OCH3 is 2. The first-order valence-corrected chi connectivity index (χ1v) is 9.69. The average Bonchev–Trinajstić information content (AvgIpc) is 3.09. The van der Waals surface area contributed by atoms with Gasteiger partial charge in [-0.2, -0.15) is 0 Å². The second-order valence-electron chi connectivity index (χ2n) is 6.62. The monoisotopic (exact) mass is 417 g/mol. The van der Waals surface area contributed by atoms with Gasteiger partial charge in [-0.1, -0.05) is 23.7 Å². The second kappa shape index (κ2) is 9.52. The zero-order valence-corrected chi connectivity index (χ0v) is 17.2. The third kappa shape index (κ3) is 5.12. The lowest BCUT2D eigenvalue weighted by molar-refractivity contribution is -0.121. The summed E-state index contributed by atoms with van der Waals surface area (Å²) in [5.41, 5.74) is 1.80. The van der Waals surface area contributed by atoms with Gasteiger partial charge in [-0.3, -0.25) is 9.69 Å². The Morgan fingerprint density at radius 1 is 1.07 bits per heavy atom. The van der Waals surface area contributed by atoms with Crippen LogP contribution in [0.3, 0.4) is 0 Å². The molecule has 0 aliphatic carbocycles. The molecule has 1 heterocycles. The molecule has 1 fully saturated rings. The number of urea groups is 1. The quantitative estimate of drug-likeness (QED) is 0.716. The summed E-state index contributed by atoms with van der Waals surface area (Å²) >= 11 is 5.87. The van der Waals surface area contributed by atoms with Crippen molar-refractivity contribution < 1.29 is 19.1 Å². The molecule has 8 heteroatoms. The van der Waals surface area contributed by atoms with Crippen molar-refractivity contribution in [3.8, 4) is 11.5 Å². The number of ether oxygens (including phenoxy) is 2. The molecule has 0 radical (unpaired) electrons. The molecule has 3 rings (SSSR count). The van der Waals surface area contributed by atoms with Crippen LogP contribution < -0.4 is 19.7 Å². The number of hydrogen-bond acceptors (Lipinski definition) is 4. The van der Waals surface area contributed by atoms with E-state index in [4.69, 9.17) is 21.1 Å². The largest absolute Gasteiger partial charge is 0.493 e. The molecule has 0 bridgehead atoms. The molecular weight excluding hydrogens is 394 g/mol. The lowest BCUT2D eigenvalue weighted by Crippen LogP contribution is -2.40. The molecule has 0 unspecified atom stereocenters. The van der Waals surface area contributed by atoms with Crippen molar-refractivity contribution in [1.29, 1.82) is 0 Å². The number of anilines is 1. The van der Waals surface area contributed by atoms with Gasteiger partial charge in [-0.05, 0) is 36.2 Å². The van der Waals surface area contributed by atoms with Crippen LogP contribution >= 0.6 is 11.6 Å². The van der Waals surface area contributed by atoms with E-state index in [1.54, 1.807) is 37.3 Å². The summed E-state index contributed by atoms with van der Waals surface area (Å²) in [6.45, 7) is 1.52. The van der Waals surface area contributed by atoms with E-state index >= 15 is 0 Å². The van der Waals surface area contributed by atoms with Crippen LogP contribution in [-0.4, -0.2) is 57.2 Å². The standard InChI is InChI=1S/C21H24ClN3O4/c1-28-18-8-7-17(13-19(18)29-2)25-12-11-24(21(25)27)14-20(26)23-10-9-15-3-5-16(22)6-4-15/h3-8,13H,9-12,14H2,1-2H3,(H,23,26). The number of halogens is 1. The highest BCUT2D eigenvalue weighted by molar-refractivity contribution is 6.30. The Morgan fingerprint density at radius 3 is 2.48 bits per heavy atom. The number of hydrogen-bond donors (Lipinski definition) is 1. The van der Waals surface area contributed by atoms with Gasteiger partial charge < -0.3 is 19.7 Å². The summed E-state index contributed by atoms with van der Waals surface area (Å²) < 4.78 is 10.5. The van der Waals surface area contributed by atoms with Crippen LogP contribution in [-0.2, 0) is 11.2 Å². The minimum Gasteiger partial charge on any atom is -0.493 e. The Morgan fingerprint density at radius 2 is 1.79 bits per heavy atom. The second-order valence-corrected chi connectivity index (χ2v) is 7.06. The average molecular weight is 418 g/mol. The van der Waals surface area contributed by atoms with Crippen molar-refractivity contribution in [3.63, 3.8) is 0 Å². The van der Waals surface area contributed by atoms with Crippen LogP contribution in [0.5, 0.6) is 11.5 Å². The Bertz CT molecular complexity index is 873. The molecule has 0 aromatic heterocycles. The predicted octanol–water partition coefficient (Wildman–Crippen LogP) is 2.96. The van der Waals surface area contributed by atoms with Gasteiger partial charge in [-0.15, -0.1) is 0 Å². The highest BCUT2D eigenvalue weighted by Crippen LogP contribution is 2.32. The molecule has 2 aromatic carbocycles. The summed E-state index contributed by atoms with van der Waals surface area (Å²) in [5.74, 6) is 0.970. The number of nitrogens with zero attached hydrogens (tertiary/aromatic N) is 2. The SMILES string of the molecule is COc1ccc(N2CCN(CC(=O)NCCc3ccc(Cl)cc3)C2=O)cc1OC. The number of carbonyl (C=O) groups excluding carboxylic acids is 2. The fourth-order valence-electron chi connectivity index (χ4n) is 3.19. The smallest absolute Gasteiger partial charge is 0.325 e. The topological polar surface area (TPSA) is 71.1 Å². The molecule has 0 saturated carbocycles. The third-order valence-electron chi connectivity index (χ3n) is 4.76. The van der Waals surface area contributed by atoms with E-state index in [9.17, 15) is 9.59 Å². The number of benzene rings is 2. The van der Waals surface area contributed by atoms with Gasteiger partial charge in [0.1, 0.15) is 6.54 Å². The summed E-state index contributed by atoms with van der Waals surface area (Å²) in [5, 5.41) is 3.54. The lowest BCUT2D eigenvalue weighted by atomic mass is 10.1. The first kappa shape index (κ1) is 20.8. The predicted molar refractivity (Wildman–Crippen MR) is 112 cm³/mol. The maximum absolute atomic E-state index is 12.7. The van der Waals surface area contributed by atoms with Crippen LogP contribution in [0.4, 0.5) is 10.5 Å². The van der Waals surface area contributed by atoms with E-state index in [0.29, 0.717) is 48.3 Å². The first-order chi connectivity index (χ1) is 14.0. The van der Waals surface area contributed by atoms with Gasteiger partial charge in [0.2, 0.25) is 5.91 Å². The van der Waals surface area contributed by atoms with Crippen molar-refractivity contribution in [2.45, 2.75) is 6.42 Å². The van der Waals surface area contributed by atoms with Gasteiger partial charge in [0.25, 0.3) is 0 Å². The highest BCUT2D eigenvalue weighted by Gasteiger charge is 2.31. The van der Waals surface area contributed by atoms with Crippen LogP contribution in [0.25, 0.3) is 0 Å². The zero-order valence-electron chi connectivity index (χ0n) is 16.5. The molecule has 0 spiro atoms. The van der Waals surface area contributed by atoms with E-state index in [1.807, 2.05) is 24.3 Å². The molecular formula is C21H24ClN3O4. The zero-order chi connectivity index (χ0) is 20.8. The molecule has 1 N–H and O–H groups in total. The van der Waals surface area contributed by atoms with E-state index in [0.717, 1.165) is 5.56 Å². The van der Waals surface area contributed by atoms with E-state index < -0.39 is 0 Å². The summed E-state index contributed by atoms with van der Waals surface area (Å²) in [6, 6.07) is 12.6. The molecule has 1 aliphatic rings. The highest BCUT2D eigenvalue weighted by atomic mass is 35.5. The maximum atomic E-state index is 12.7. The molecule has 29 heavy (non-hydrogen) atoms. The van der Waals surface area contributed by atoms with Crippen molar-refractivity contribution >= 4 is 29.2 Å². The molecule has 1 aliphatic heterocycles. The van der Waals surface area contributed by atoms with E-state index in [-0.39, 0.29) is 18.5 Å². The normalized spacial score (nSPS) is 13.6. The molecule has 3 amide bonds. The number of carbonyl (C=O) groups is 2. The van der Waals surface area contributed by atoms with E-state index in [2.05, 4.69) is 5.32 Å². The number of nitrogens with one attached hydrogen (secondary N) is 1. The van der Waals surface area contributed by atoms with Crippen molar-refractivity contribution in [3.05, 3.63) is 53.1 Å². The summed E-state index contributed by atoms with van der Waals surface area (Å²) in [4.78, 5) is 28.1. The van der Waals surface area contributed by atoms with Crippen LogP contribution in [0.15, 0.2) is 42.5 Å². The van der Waals surface area contributed by atoms with Gasteiger partial charge in [0.15, 0.2) is 11.5 Å². The Hall–Kier alpha value is -2.93. The first-order valence-electron chi connectivity index (χ1n) is 9.31. The molecule has 2 aromatic rings. The van der Waals surface area contributed by atoms with Crippen LogP contribution in [0.1, 0.15) is 5.56 Å². The van der Waals surface area contributed by atoms with Crippen molar-refractivity contribution in [1.82, 2.24) is 10.2 Å². The molecule has 7 nitrogen and oxygen atoms in total. The minimum atomic E-state index is -0.204. The number of amides is 3. The Balaban J connectivity index is 1.51. The third-order valence-corrected chi connectivity index (χ3v) is 5.01. The van der Waals surface area contributed by atoms with Gasteiger partial charge in [0, 0.05) is 36.4 Å². The van der Waals surface area contributed by atoms with Crippen LogP contribution in [0.2, 0.25) is 5.02 Å². The van der Waals surface area contributed by atoms with Gasteiger partial charge >= 0.3 is 6.03 Å². The van der Waals surface area contributed by atoms with Crippen molar-refractivity contribution in [2.24, 2.45) is 0 Å². The Labute approximate surface area is 175 Å². The number of rotatable bonds is 8. The van der Waals surface area contributed by atoms with Crippen molar-refractivity contribution in [2.75, 3.05) is 45.3 Å². The summed E-state index contributed by atoms with van der Waals surface area (Å²) in [7, 11) is 3.11. The fourth-order valence-corrected chi connectivity index (χ4v) is 3.31. The minimum absolute atomic E-state index is 0.0310. The van der Waals surface area contributed by atoms with Gasteiger partial charge in [0.05, 0.1) is 14.2 Å². The molecule has 0 atom stereocenters. The maximum Gasteiger partial charge on any atom is 0.325 e. The van der Waals surface area contributed by atoms with Crippen LogP contribution in [0, 0.1) is 0 Å². The van der Waals surface area contributed by atoms with E-state index in [1.165, 1.54) is 4.90 Å². The molecule has 154 valence electrons. The molecule has 1 saturated heterocycles. The summed E-state index contributed by atoms with van der Waals surface area (Å²) in [6.07, 6.45) is 0.703. The lowest BCUT2D eigenvalue weighted by Gasteiger charge is -2.19. The van der Waals surface area contributed by atoms with Gasteiger partial charge in [-0.25, -0.2) is 4.79 Å². The Kier molecular flexibility index (Phi) is 6.82. The fraction of sp³-hybridized carbons (Fsp3) is 0.333.